The van der Waals surface area contributed by atoms with Gasteiger partial charge in [-0.25, -0.2) is 0 Å². The molecular weight excluding hydrogens is 374 g/mol. The second-order valence-corrected chi connectivity index (χ2v) is 8.58. The third-order valence-corrected chi connectivity index (χ3v) is 5.84. The van der Waals surface area contributed by atoms with Crippen molar-refractivity contribution in [1.29, 1.82) is 5.41 Å². The number of aryl methyl sites for hydroxylation is 1. The molecule has 1 aliphatic heterocycles. The van der Waals surface area contributed by atoms with Crippen LogP contribution in [0.1, 0.15) is 65.5 Å². The Balaban J connectivity index is 2.11. The molecule has 0 radical (unpaired) electrons. The van der Waals surface area contributed by atoms with Gasteiger partial charge in [0.25, 0.3) is 5.91 Å². The highest BCUT2D eigenvalue weighted by molar-refractivity contribution is 6.09. The van der Waals surface area contributed by atoms with Crippen LogP contribution in [0.2, 0.25) is 0 Å². The van der Waals surface area contributed by atoms with Crippen LogP contribution in [0.4, 0.5) is 5.69 Å². The fourth-order valence-electron chi connectivity index (χ4n) is 3.54. The summed E-state index contributed by atoms with van der Waals surface area (Å²) in [5, 5.41) is 21.0. The quantitative estimate of drug-likeness (QED) is 0.297. The van der Waals surface area contributed by atoms with Crippen LogP contribution in [0, 0.1) is 11.3 Å². The average molecular weight is 414 g/mol. The third-order valence-electron chi connectivity index (χ3n) is 5.84. The molecule has 2 rings (SSSR count). The predicted octanol–water partition coefficient (Wildman–Crippen LogP) is 3.89. The predicted molar refractivity (Wildman–Crippen MR) is 127 cm³/mol. The lowest BCUT2D eigenvalue weighted by atomic mass is 9.98. The van der Waals surface area contributed by atoms with E-state index < -0.39 is 0 Å². The smallest absolute Gasteiger partial charge is 0.255 e. The van der Waals surface area contributed by atoms with Crippen LogP contribution in [0.5, 0.6) is 0 Å². The molecule has 0 spiro atoms. The lowest BCUT2D eigenvalue weighted by Gasteiger charge is -2.30. The molecule has 0 saturated carbocycles. The number of rotatable bonds is 10. The highest BCUT2D eigenvalue weighted by Crippen LogP contribution is 2.28. The van der Waals surface area contributed by atoms with Gasteiger partial charge < -0.3 is 16.0 Å². The van der Waals surface area contributed by atoms with Crippen molar-refractivity contribution in [3.05, 3.63) is 34.9 Å². The van der Waals surface area contributed by atoms with Crippen LogP contribution in [0.25, 0.3) is 6.08 Å². The van der Waals surface area contributed by atoms with Crippen molar-refractivity contribution in [3.8, 4) is 0 Å². The SMILES string of the molecule is CCc1ccc2c(c1)C=C(C(=O)NC(C)=N)C(NCCC(CC)N[C@H](C)C(C)C)N2. The Morgan fingerprint density at radius 1 is 1.23 bits per heavy atom. The number of hydrogen-bond acceptors (Lipinski definition) is 5. The molecule has 6 heteroatoms. The van der Waals surface area contributed by atoms with E-state index in [1.54, 1.807) is 6.92 Å². The lowest BCUT2D eigenvalue weighted by Crippen LogP contribution is -2.47. The largest absolute Gasteiger partial charge is 0.365 e. The summed E-state index contributed by atoms with van der Waals surface area (Å²) >= 11 is 0. The first-order chi connectivity index (χ1) is 14.2. The maximum Gasteiger partial charge on any atom is 0.255 e. The van der Waals surface area contributed by atoms with Gasteiger partial charge >= 0.3 is 0 Å². The molecule has 0 bridgehead atoms. The van der Waals surface area contributed by atoms with E-state index in [-0.39, 0.29) is 17.9 Å². The van der Waals surface area contributed by atoms with Gasteiger partial charge in [-0.15, -0.1) is 0 Å². The van der Waals surface area contributed by atoms with Gasteiger partial charge in [0.05, 0.1) is 11.4 Å². The minimum Gasteiger partial charge on any atom is -0.365 e. The van der Waals surface area contributed by atoms with Gasteiger partial charge in [-0.1, -0.05) is 33.8 Å². The molecule has 0 saturated heterocycles. The molecular formula is C24H39N5O. The lowest BCUT2D eigenvalue weighted by molar-refractivity contribution is -0.116. The topological polar surface area (TPSA) is 89.0 Å². The molecule has 6 nitrogen and oxygen atoms in total. The average Bonchev–Trinajstić information content (AvgIpc) is 2.71. The minimum absolute atomic E-state index is 0.144. The summed E-state index contributed by atoms with van der Waals surface area (Å²) in [6, 6.07) is 7.22. The summed E-state index contributed by atoms with van der Waals surface area (Å²) in [6.45, 7) is 13.4. The van der Waals surface area contributed by atoms with Gasteiger partial charge in [-0.05, 0) is 74.9 Å². The second kappa shape index (κ2) is 11.3. The molecule has 166 valence electrons. The van der Waals surface area contributed by atoms with Crippen molar-refractivity contribution in [3.63, 3.8) is 0 Å². The molecule has 1 aliphatic rings. The molecule has 30 heavy (non-hydrogen) atoms. The maximum absolute atomic E-state index is 12.7. The van der Waals surface area contributed by atoms with Crippen molar-refractivity contribution in [1.82, 2.24) is 16.0 Å². The van der Waals surface area contributed by atoms with Crippen LogP contribution >= 0.6 is 0 Å². The Bertz CT molecular complexity index is 771. The van der Waals surface area contributed by atoms with E-state index in [0.717, 1.165) is 37.1 Å². The molecule has 0 fully saturated rings. The zero-order valence-electron chi connectivity index (χ0n) is 19.4. The van der Waals surface area contributed by atoms with Gasteiger partial charge in [-0.3, -0.25) is 15.5 Å². The Morgan fingerprint density at radius 2 is 1.97 bits per heavy atom. The standard InChI is InChI=1S/C24H39N5O/c1-7-18-9-10-22-19(13-18)14-21(24(30)28-17(6)25)23(29-22)26-12-11-20(8-2)27-16(5)15(3)4/h9-10,13-16,20,23,26-27,29H,7-8,11-12H2,1-6H3,(H2,25,28,30)/t16-,20?,23?/m1/s1. The van der Waals surface area contributed by atoms with Crippen molar-refractivity contribution < 1.29 is 4.79 Å². The third kappa shape index (κ3) is 6.67. The number of hydrogen-bond donors (Lipinski definition) is 5. The number of fused-ring (bicyclic) bond motifs is 1. The Hall–Kier alpha value is -2.18. The molecule has 1 amide bonds. The molecule has 1 heterocycles. The van der Waals surface area contributed by atoms with Crippen molar-refractivity contribution in [2.75, 3.05) is 11.9 Å². The normalized spacial score (nSPS) is 17.6. The highest BCUT2D eigenvalue weighted by Gasteiger charge is 2.26. The zero-order chi connectivity index (χ0) is 22.3. The molecule has 3 atom stereocenters. The summed E-state index contributed by atoms with van der Waals surface area (Å²) < 4.78 is 0. The number of amides is 1. The number of nitrogens with one attached hydrogen (secondary N) is 5. The summed E-state index contributed by atoms with van der Waals surface area (Å²) in [5.41, 5.74) is 3.88. The molecule has 1 aromatic rings. The molecule has 2 unspecified atom stereocenters. The van der Waals surface area contributed by atoms with E-state index in [1.165, 1.54) is 5.56 Å². The van der Waals surface area contributed by atoms with Crippen molar-refractivity contribution in [2.24, 2.45) is 5.92 Å². The van der Waals surface area contributed by atoms with Gasteiger partial charge in [0.2, 0.25) is 0 Å². The first-order valence-corrected chi connectivity index (χ1v) is 11.2. The zero-order valence-corrected chi connectivity index (χ0v) is 19.4. The van der Waals surface area contributed by atoms with Gasteiger partial charge in [-0.2, -0.15) is 0 Å². The Labute approximate surface area is 181 Å². The number of amidine groups is 1. The van der Waals surface area contributed by atoms with Crippen LogP contribution in [-0.2, 0) is 11.2 Å². The van der Waals surface area contributed by atoms with E-state index in [1.807, 2.05) is 6.08 Å². The first kappa shape index (κ1) is 24.1. The van der Waals surface area contributed by atoms with Crippen LogP contribution in [-0.4, -0.2) is 36.5 Å². The van der Waals surface area contributed by atoms with Crippen LogP contribution < -0.4 is 21.3 Å². The number of carbonyl (C=O) groups excluding carboxylic acids is 1. The summed E-state index contributed by atoms with van der Waals surface area (Å²) in [5.74, 6) is 0.503. The maximum atomic E-state index is 12.7. The number of anilines is 1. The van der Waals surface area contributed by atoms with Gasteiger partial charge in [0.15, 0.2) is 0 Å². The second-order valence-electron chi connectivity index (χ2n) is 8.58. The van der Waals surface area contributed by atoms with Gasteiger partial charge in [0.1, 0.15) is 6.17 Å². The van der Waals surface area contributed by atoms with E-state index in [4.69, 9.17) is 5.41 Å². The number of benzene rings is 1. The van der Waals surface area contributed by atoms with Crippen LogP contribution in [0.15, 0.2) is 23.8 Å². The van der Waals surface area contributed by atoms with Crippen LogP contribution in [0.3, 0.4) is 0 Å². The summed E-state index contributed by atoms with van der Waals surface area (Å²) in [4.78, 5) is 12.7. The Kier molecular flexibility index (Phi) is 9.06. The van der Waals surface area contributed by atoms with E-state index in [0.29, 0.717) is 23.6 Å². The van der Waals surface area contributed by atoms with Crippen molar-refractivity contribution in [2.45, 2.75) is 79.1 Å². The van der Waals surface area contributed by atoms with E-state index in [9.17, 15) is 4.79 Å². The number of carbonyl (C=O) groups is 1. The minimum atomic E-state index is -0.288. The van der Waals surface area contributed by atoms with E-state index in [2.05, 4.69) is 74.1 Å². The fourth-order valence-corrected chi connectivity index (χ4v) is 3.54. The summed E-state index contributed by atoms with van der Waals surface area (Å²) in [7, 11) is 0. The molecule has 5 N–H and O–H groups in total. The molecule has 1 aromatic carbocycles. The molecule has 0 aromatic heterocycles. The van der Waals surface area contributed by atoms with Crippen molar-refractivity contribution >= 4 is 23.5 Å². The Morgan fingerprint density at radius 3 is 2.57 bits per heavy atom. The highest BCUT2D eigenvalue weighted by atomic mass is 16.1. The fraction of sp³-hybridized carbons (Fsp3) is 0.583. The monoisotopic (exact) mass is 413 g/mol. The molecule has 0 aliphatic carbocycles. The summed E-state index contributed by atoms with van der Waals surface area (Å²) in [6.07, 6.45) is 4.65. The van der Waals surface area contributed by atoms with Gasteiger partial charge in [0, 0.05) is 17.8 Å². The van der Waals surface area contributed by atoms with E-state index >= 15 is 0 Å². The first-order valence-electron chi connectivity index (χ1n) is 11.2.